The van der Waals surface area contributed by atoms with E-state index in [-0.39, 0.29) is 11.4 Å². The van der Waals surface area contributed by atoms with Gasteiger partial charge in [-0.15, -0.1) is 0 Å². The summed E-state index contributed by atoms with van der Waals surface area (Å²) in [6.07, 6.45) is 5.97. The molecule has 2 heterocycles. The van der Waals surface area contributed by atoms with Crippen molar-refractivity contribution in [3.8, 4) is 0 Å². The van der Waals surface area contributed by atoms with Gasteiger partial charge in [-0.1, -0.05) is 0 Å². The molecule has 0 atom stereocenters. The minimum absolute atomic E-state index is 0.0473. The van der Waals surface area contributed by atoms with Gasteiger partial charge in [-0.25, -0.2) is 9.97 Å². The maximum atomic E-state index is 11.7. The second kappa shape index (κ2) is 2.43. The molecule has 0 unspecified atom stereocenters. The highest BCUT2D eigenvalue weighted by molar-refractivity contribution is 6.05. The lowest BCUT2D eigenvalue weighted by Gasteiger charge is -2.44. The van der Waals surface area contributed by atoms with Crippen LogP contribution in [0, 0.1) is 0 Å². The maximum absolute atomic E-state index is 11.7. The first-order valence-electron chi connectivity index (χ1n) is 4.70. The molecular formula is C9H10N4O. The van der Waals surface area contributed by atoms with Crippen LogP contribution >= 0.6 is 0 Å². The van der Waals surface area contributed by atoms with E-state index in [9.17, 15) is 4.79 Å². The number of rotatable bonds is 0. The number of nitrogens with zero attached hydrogens (tertiary/aromatic N) is 2. The molecule has 1 aromatic heterocycles. The minimum atomic E-state index is -0.388. The average molecular weight is 190 g/mol. The van der Waals surface area contributed by atoms with Gasteiger partial charge in [-0.3, -0.25) is 4.79 Å². The number of amides is 1. The van der Waals surface area contributed by atoms with Crippen molar-refractivity contribution in [3.05, 3.63) is 12.5 Å². The summed E-state index contributed by atoms with van der Waals surface area (Å²) < 4.78 is 0. The molecule has 1 amide bonds. The summed E-state index contributed by atoms with van der Waals surface area (Å²) in [6.45, 7) is 0. The third-order valence-corrected chi connectivity index (χ3v) is 2.96. The molecule has 0 radical (unpaired) electrons. The highest BCUT2D eigenvalue weighted by Crippen LogP contribution is 2.40. The van der Waals surface area contributed by atoms with Crippen LogP contribution in [-0.2, 0) is 4.79 Å². The minimum Gasteiger partial charge on any atom is -0.354 e. The molecule has 0 bridgehead atoms. The van der Waals surface area contributed by atoms with Crippen molar-refractivity contribution in [1.82, 2.24) is 9.97 Å². The third-order valence-electron chi connectivity index (χ3n) is 2.96. The predicted octanol–water partition coefficient (Wildman–Crippen LogP) is 0.763. The molecule has 5 nitrogen and oxygen atoms in total. The van der Waals surface area contributed by atoms with Crippen LogP contribution < -0.4 is 10.6 Å². The number of hydrogen-bond donors (Lipinski definition) is 2. The first kappa shape index (κ1) is 7.73. The van der Waals surface area contributed by atoms with Gasteiger partial charge in [0.2, 0.25) is 5.91 Å². The molecule has 1 fully saturated rings. The summed E-state index contributed by atoms with van der Waals surface area (Å²) >= 11 is 0. The molecule has 0 aromatic carbocycles. The standard InChI is InChI=1S/C9H10N4O/c14-8-9(2-1-3-9)13-7-6(12-8)4-10-5-11-7/h4-5H,1-3H2,(H,12,14)(H,10,11,13). The van der Waals surface area contributed by atoms with Crippen LogP contribution in [0.4, 0.5) is 11.5 Å². The van der Waals surface area contributed by atoms with Crippen LogP contribution in [0.5, 0.6) is 0 Å². The molecule has 1 aliphatic carbocycles. The molecule has 2 N–H and O–H groups in total. The summed E-state index contributed by atoms with van der Waals surface area (Å²) in [5, 5.41) is 6.02. The molecule has 1 aromatic rings. The Kier molecular flexibility index (Phi) is 1.34. The number of carbonyl (C=O) groups is 1. The van der Waals surface area contributed by atoms with Crippen molar-refractivity contribution in [1.29, 1.82) is 0 Å². The number of nitrogens with one attached hydrogen (secondary N) is 2. The van der Waals surface area contributed by atoms with E-state index in [1.54, 1.807) is 6.20 Å². The molecule has 5 heteroatoms. The lowest BCUT2D eigenvalue weighted by atomic mass is 9.75. The molecule has 1 saturated carbocycles. The summed E-state index contributed by atoms with van der Waals surface area (Å²) in [5.74, 6) is 0.783. The van der Waals surface area contributed by atoms with Gasteiger partial charge in [0.15, 0.2) is 5.82 Å². The van der Waals surface area contributed by atoms with E-state index in [0.29, 0.717) is 5.69 Å². The summed E-state index contributed by atoms with van der Waals surface area (Å²) in [7, 11) is 0. The molecule has 1 spiro atoms. The number of anilines is 2. The topological polar surface area (TPSA) is 66.9 Å². The zero-order valence-corrected chi connectivity index (χ0v) is 7.58. The van der Waals surface area contributed by atoms with E-state index in [1.165, 1.54) is 6.33 Å². The SMILES string of the molecule is O=C1Nc2cncnc2NC12CCC2. The van der Waals surface area contributed by atoms with Gasteiger partial charge in [0, 0.05) is 0 Å². The van der Waals surface area contributed by atoms with E-state index < -0.39 is 0 Å². The van der Waals surface area contributed by atoms with Gasteiger partial charge in [-0.05, 0) is 19.3 Å². The van der Waals surface area contributed by atoms with Gasteiger partial charge in [0.05, 0.1) is 6.20 Å². The monoisotopic (exact) mass is 190 g/mol. The summed E-state index contributed by atoms with van der Waals surface area (Å²) in [5.41, 5.74) is 0.288. The summed E-state index contributed by atoms with van der Waals surface area (Å²) in [4.78, 5) is 19.7. The van der Waals surface area contributed by atoms with Crippen LogP contribution in [0.25, 0.3) is 0 Å². The molecular weight excluding hydrogens is 180 g/mol. The van der Waals surface area contributed by atoms with Crippen molar-refractivity contribution in [2.24, 2.45) is 0 Å². The van der Waals surface area contributed by atoms with Crippen LogP contribution in [0.2, 0.25) is 0 Å². The highest BCUT2D eigenvalue weighted by Gasteiger charge is 2.47. The molecule has 2 aliphatic rings. The first-order chi connectivity index (χ1) is 6.80. The molecule has 1 aliphatic heterocycles. The van der Waals surface area contributed by atoms with E-state index >= 15 is 0 Å². The first-order valence-corrected chi connectivity index (χ1v) is 4.70. The van der Waals surface area contributed by atoms with Gasteiger partial charge in [-0.2, -0.15) is 0 Å². The van der Waals surface area contributed by atoms with Crippen molar-refractivity contribution < 1.29 is 4.79 Å². The fourth-order valence-electron chi connectivity index (χ4n) is 1.93. The Hall–Kier alpha value is -1.65. The lowest BCUT2D eigenvalue weighted by molar-refractivity contribution is -0.123. The van der Waals surface area contributed by atoms with Crippen LogP contribution in [0.3, 0.4) is 0 Å². The molecule has 72 valence electrons. The number of hydrogen-bond acceptors (Lipinski definition) is 4. The number of carbonyl (C=O) groups excluding carboxylic acids is 1. The van der Waals surface area contributed by atoms with E-state index in [2.05, 4.69) is 20.6 Å². The Labute approximate surface area is 80.9 Å². The van der Waals surface area contributed by atoms with E-state index in [1.807, 2.05) is 0 Å². The largest absolute Gasteiger partial charge is 0.354 e. The van der Waals surface area contributed by atoms with E-state index in [4.69, 9.17) is 0 Å². The quantitative estimate of drug-likeness (QED) is 0.634. The van der Waals surface area contributed by atoms with Crippen LogP contribution in [0.15, 0.2) is 12.5 Å². The van der Waals surface area contributed by atoms with Gasteiger partial charge in [0.25, 0.3) is 0 Å². The van der Waals surface area contributed by atoms with Crippen molar-refractivity contribution in [3.63, 3.8) is 0 Å². The molecule has 3 rings (SSSR count). The Morgan fingerprint density at radius 3 is 3.00 bits per heavy atom. The van der Waals surface area contributed by atoms with Crippen molar-refractivity contribution in [2.75, 3.05) is 10.6 Å². The van der Waals surface area contributed by atoms with Crippen LogP contribution in [0.1, 0.15) is 19.3 Å². The Balaban J connectivity index is 2.03. The molecule has 0 saturated heterocycles. The average Bonchev–Trinajstić information content (AvgIpc) is 2.14. The smallest absolute Gasteiger partial charge is 0.250 e. The van der Waals surface area contributed by atoms with Gasteiger partial charge >= 0.3 is 0 Å². The van der Waals surface area contributed by atoms with Gasteiger partial charge in [0.1, 0.15) is 17.6 Å². The zero-order valence-electron chi connectivity index (χ0n) is 7.58. The predicted molar refractivity (Wildman–Crippen MR) is 50.9 cm³/mol. The third kappa shape index (κ3) is 0.865. The number of aromatic nitrogens is 2. The maximum Gasteiger partial charge on any atom is 0.250 e. The Morgan fingerprint density at radius 2 is 2.29 bits per heavy atom. The summed E-state index contributed by atoms with van der Waals surface area (Å²) in [6, 6.07) is 0. The lowest BCUT2D eigenvalue weighted by Crippen LogP contribution is -2.57. The second-order valence-corrected chi connectivity index (χ2v) is 3.80. The Morgan fingerprint density at radius 1 is 1.43 bits per heavy atom. The number of fused-ring (bicyclic) bond motifs is 1. The van der Waals surface area contributed by atoms with Crippen LogP contribution in [-0.4, -0.2) is 21.4 Å². The van der Waals surface area contributed by atoms with Crippen molar-refractivity contribution >= 4 is 17.4 Å². The van der Waals surface area contributed by atoms with Gasteiger partial charge < -0.3 is 10.6 Å². The van der Waals surface area contributed by atoms with Crippen molar-refractivity contribution in [2.45, 2.75) is 24.8 Å². The second-order valence-electron chi connectivity index (χ2n) is 3.80. The molecule has 14 heavy (non-hydrogen) atoms. The fourth-order valence-corrected chi connectivity index (χ4v) is 1.93. The Bertz CT molecular complexity index is 400. The normalized spacial score (nSPS) is 21.9. The zero-order chi connectivity index (χ0) is 9.60. The van der Waals surface area contributed by atoms with E-state index in [0.717, 1.165) is 25.1 Å². The fraction of sp³-hybridized carbons (Fsp3) is 0.444. The highest BCUT2D eigenvalue weighted by atomic mass is 16.2.